The molecule has 1 amide bonds. The van der Waals surface area contributed by atoms with Crippen LogP contribution in [0, 0.1) is 5.92 Å². The Morgan fingerprint density at radius 3 is 2.56 bits per heavy atom. The number of pyridine rings is 1. The van der Waals surface area contributed by atoms with Gasteiger partial charge in [0.25, 0.3) is 5.91 Å². The summed E-state index contributed by atoms with van der Waals surface area (Å²) in [6, 6.07) is 3.35. The van der Waals surface area contributed by atoms with Crippen molar-refractivity contribution in [2.75, 3.05) is 6.54 Å². The van der Waals surface area contributed by atoms with Gasteiger partial charge in [-0.1, -0.05) is 38.9 Å². The summed E-state index contributed by atoms with van der Waals surface area (Å²) in [5.41, 5.74) is 6.52. The van der Waals surface area contributed by atoms with E-state index in [0.717, 1.165) is 12.8 Å². The molecule has 0 aliphatic carbocycles. The van der Waals surface area contributed by atoms with Crippen molar-refractivity contribution in [1.82, 2.24) is 10.3 Å². The second-order valence-corrected chi connectivity index (χ2v) is 4.63. The van der Waals surface area contributed by atoms with Crippen LogP contribution < -0.4 is 11.1 Å². The smallest absolute Gasteiger partial charge is 0.269 e. The molecule has 1 aromatic rings. The van der Waals surface area contributed by atoms with E-state index in [2.05, 4.69) is 24.1 Å². The molecule has 0 aliphatic rings. The van der Waals surface area contributed by atoms with Crippen molar-refractivity contribution < 1.29 is 4.79 Å². The second kappa shape index (κ2) is 7.06. The number of nitrogens with one attached hydrogen (secondary N) is 1. The highest BCUT2D eigenvalue weighted by molar-refractivity contribution is 7.80. The van der Waals surface area contributed by atoms with E-state index in [1.54, 1.807) is 12.1 Å². The lowest BCUT2D eigenvalue weighted by Crippen LogP contribution is -2.29. The fourth-order valence-corrected chi connectivity index (χ4v) is 1.70. The number of carbonyl (C=O) groups is 1. The SMILES string of the molecule is CCC(CC)CNC(=O)c1ccc(C(N)=S)cn1. The predicted octanol–water partition coefficient (Wildman–Crippen LogP) is 1.88. The zero-order valence-electron chi connectivity index (χ0n) is 10.8. The number of nitrogens with zero attached hydrogens (tertiary/aromatic N) is 1. The number of hydrogen-bond donors (Lipinski definition) is 2. The standard InChI is InChI=1S/C13H19N3OS/c1-3-9(4-2)7-16-13(17)11-6-5-10(8-15-11)12(14)18/h5-6,8-9H,3-4,7H2,1-2H3,(H2,14,18)(H,16,17). The molecule has 4 nitrogen and oxygen atoms in total. The molecule has 98 valence electrons. The molecule has 0 atom stereocenters. The van der Waals surface area contributed by atoms with Gasteiger partial charge in [-0.3, -0.25) is 9.78 Å². The van der Waals surface area contributed by atoms with Gasteiger partial charge in [0.05, 0.1) is 0 Å². The molecule has 0 bridgehead atoms. The van der Waals surface area contributed by atoms with Crippen molar-refractivity contribution in [2.45, 2.75) is 26.7 Å². The average molecular weight is 265 g/mol. The Kier molecular flexibility index (Phi) is 5.71. The van der Waals surface area contributed by atoms with Gasteiger partial charge >= 0.3 is 0 Å². The van der Waals surface area contributed by atoms with E-state index < -0.39 is 0 Å². The van der Waals surface area contributed by atoms with Crippen LogP contribution in [0.25, 0.3) is 0 Å². The fraction of sp³-hybridized carbons (Fsp3) is 0.462. The maximum Gasteiger partial charge on any atom is 0.269 e. The van der Waals surface area contributed by atoms with Gasteiger partial charge in [0.2, 0.25) is 0 Å². The van der Waals surface area contributed by atoms with Crippen LogP contribution in [0.3, 0.4) is 0 Å². The summed E-state index contributed by atoms with van der Waals surface area (Å²) in [5.74, 6) is 0.362. The van der Waals surface area contributed by atoms with Crippen LogP contribution in [0.2, 0.25) is 0 Å². The van der Waals surface area contributed by atoms with E-state index in [0.29, 0.717) is 23.7 Å². The Hall–Kier alpha value is -1.49. The largest absolute Gasteiger partial charge is 0.389 e. The Labute approximate surface area is 113 Å². The Bertz CT molecular complexity index is 413. The quantitative estimate of drug-likeness (QED) is 0.771. The van der Waals surface area contributed by atoms with Gasteiger partial charge in [0.1, 0.15) is 10.7 Å². The van der Waals surface area contributed by atoms with Crippen molar-refractivity contribution in [3.63, 3.8) is 0 Å². The third kappa shape index (κ3) is 4.07. The van der Waals surface area contributed by atoms with E-state index in [9.17, 15) is 4.79 Å². The van der Waals surface area contributed by atoms with Crippen LogP contribution in [0.1, 0.15) is 42.7 Å². The number of rotatable bonds is 6. The number of amides is 1. The molecule has 0 fully saturated rings. The van der Waals surface area contributed by atoms with Crippen molar-refractivity contribution in [3.05, 3.63) is 29.6 Å². The van der Waals surface area contributed by atoms with Crippen LogP contribution in [-0.2, 0) is 0 Å². The highest BCUT2D eigenvalue weighted by atomic mass is 32.1. The number of nitrogens with two attached hydrogens (primary N) is 1. The molecule has 18 heavy (non-hydrogen) atoms. The minimum absolute atomic E-state index is 0.156. The topological polar surface area (TPSA) is 68.0 Å². The lowest BCUT2D eigenvalue weighted by Gasteiger charge is -2.12. The van der Waals surface area contributed by atoms with Crippen LogP contribution >= 0.6 is 12.2 Å². The summed E-state index contributed by atoms with van der Waals surface area (Å²) < 4.78 is 0. The van der Waals surface area contributed by atoms with E-state index in [-0.39, 0.29) is 10.9 Å². The first-order valence-corrected chi connectivity index (χ1v) is 6.53. The molecule has 1 heterocycles. The first kappa shape index (κ1) is 14.6. The van der Waals surface area contributed by atoms with Crippen LogP contribution in [-0.4, -0.2) is 22.4 Å². The lowest BCUT2D eigenvalue weighted by molar-refractivity contribution is 0.0941. The van der Waals surface area contributed by atoms with Crippen molar-refractivity contribution in [2.24, 2.45) is 11.7 Å². The van der Waals surface area contributed by atoms with Crippen LogP contribution in [0.4, 0.5) is 0 Å². The summed E-state index contributed by atoms with van der Waals surface area (Å²) in [5, 5.41) is 2.88. The van der Waals surface area contributed by atoms with Gasteiger partial charge in [-0.15, -0.1) is 0 Å². The molecule has 0 aliphatic heterocycles. The maximum absolute atomic E-state index is 11.8. The van der Waals surface area contributed by atoms with Gasteiger partial charge in [-0.25, -0.2) is 0 Å². The maximum atomic E-state index is 11.8. The molecule has 0 saturated heterocycles. The summed E-state index contributed by atoms with van der Waals surface area (Å²) >= 11 is 4.83. The normalized spacial score (nSPS) is 10.4. The molecule has 0 spiro atoms. The zero-order valence-corrected chi connectivity index (χ0v) is 11.6. The Morgan fingerprint density at radius 1 is 1.44 bits per heavy atom. The number of carbonyl (C=O) groups excluding carboxylic acids is 1. The number of aromatic nitrogens is 1. The van der Waals surface area contributed by atoms with Gasteiger partial charge in [0, 0.05) is 18.3 Å². The van der Waals surface area contributed by atoms with E-state index >= 15 is 0 Å². The summed E-state index contributed by atoms with van der Waals surface area (Å²) in [7, 11) is 0. The molecule has 1 aromatic heterocycles. The molecular formula is C13H19N3OS. The third-order valence-corrected chi connectivity index (χ3v) is 3.22. The minimum atomic E-state index is -0.156. The monoisotopic (exact) mass is 265 g/mol. The van der Waals surface area contributed by atoms with Gasteiger partial charge in [-0.05, 0) is 18.1 Å². The summed E-state index contributed by atoms with van der Waals surface area (Å²) in [4.78, 5) is 16.2. The first-order chi connectivity index (χ1) is 8.58. The lowest BCUT2D eigenvalue weighted by atomic mass is 10.0. The minimum Gasteiger partial charge on any atom is -0.389 e. The van der Waals surface area contributed by atoms with Crippen LogP contribution in [0.5, 0.6) is 0 Å². The van der Waals surface area contributed by atoms with E-state index in [4.69, 9.17) is 18.0 Å². The second-order valence-electron chi connectivity index (χ2n) is 4.19. The van der Waals surface area contributed by atoms with Crippen molar-refractivity contribution in [3.8, 4) is 0 Å². The van der Waals surface area contributed by atoms with Gasteiger partial charge in [-0.2, -0.15) is 0 Å². The first-order valence-electron chi connectivity index (χ1n) is 6.12. The Morgan fingerprint density at radius 2 is 2.11 bits per heavy atom. The molecule has 1 rings (SSSR count). The Balaban J connectivity index is 2.59. The molecule has 0 aromatic carbocycles. The highest BCUT2D eigenvalue weighted by Crippen LogP contribution is 2.06. The number of hydrogen-bond acceptors (Lipinski definition) is 3. The molecule has 0 unspecified atom stereocenters. The number of thiocarbonyl (C=S) groups is 1. The van der Waals surface area contributed by atoms with Crippen molar-refractivity contribution >= 4 is 23.1 Å². The van der Waals surface area contributed by atoms with Crippen LogP contribution in [0.15, 0.2) is 18.3 Å². The van der Waals surface area contributed by atoms with E-state index in [1.807, 2.05) is 0 Å². The predicted molar refractivity (Wildman–Crippen MR) is 76.5 cm³/mol. The molecule has 5 heteroatoms. The molecule has 0 radical (unpaired) electrons. The average Bonchev–Trinajstić information content (AvgIpc) is 2.39. The molecule has 0 saturated carbocycles. The summed E-state index contributed by atoms with van der Waals surface area (Å²) in [6.45, 7) is 4.93. The van der Waals surface area contributed by atoms with Gasteiger partial charge < -0.3 is 11.1 Å². The van der Waals surface area contributed by atoms with Gasteiger partial charge in [0.15, 0.2) is 0 Å². The van der Waals surface area contributed by atoms with E-state index in [1.165, 1.54) is 6.20 Å². The summed E-state index contributed by atoms with van der Waals surface area (Å²) in [6.07, 6.45) is 3.64. The third-order valence-electron chi connectivity index (χ3n) is 2.99. The fourth-order valence-electron chi connectivity index (χ4n) is 1.58. The van der Waals surface area contributed by atoms with Crippen molar-refractivity contribution in [1.29, 1.82) is 0 Å². The molecule has 3 N–H and O–H groups in total. The molecular weight excluding hydrogens is 246 g/mol. The zero-order chi connectivity index (χ0) is 13.5. The highest BCUT2D eigenvalue weighted by Gasteiger charge is 2.10.